The summed E-state index contributed by atoms with van der Waals surface area (Å²) < 4.78 is 10.3. The second-order valence-corrected chi connectivity index (χ2v) is 6.67. The lowest BCUT2D eigenvalue weighted by molar-refractivity contribution is -0.156. The van der Waals surface area contributed by atoms with Gasteiger partial charge < -0.3 is 20.1 Å². The van der Waals surface area contributed by atoms with Crippen LogP contribution < -0.4 is 10.5 Å². The molecule has 26 heavy (non-hydrogen) atoms. The van der Waals surface area contributed by atoms with Crippen molar-refractivity contribution in [3.8, 4) is 5.75 Å². The molecule has 1 aliphatic rings. The Hall–Kier alpha value is -2.57. The summed E-state index contributed by atoms with van der Waals surface area (Å²) in [4.78, 5) is 36.8. The van der Waals surface area contributed by atoms with Crippen LogP contribution in [0.2, 0.25) is 0 Å². The van der Waals surface area contributed by atoms with Crippen LogP contribution >= 0.6 is 0 Å². The summed E-state index contributed by atoms with van der Waals surface area (Å²) in [5.74, 6) is -0.610. The molecule has 0 spiro atoms. The Balaban J connectivity index is 1.77. The van der Waals surface area contributed by atoms with E-state index >= 15 is 0 Å². The van der Waals surface area contributed by atoms with E-state index < -0.39 is 30.4 Å². The summed E-state index contributed by atoms with van der Waals surface area (Å²) >= 11 is 0. The number of carbonyl (C=O) groups is 3. The summed E-state index contributed by atoms with van der Waals surface area (Å²) in [7, 11) is 0. The normalized spacial score (nSPS) is 17.0. The van der Waals surface area contributed by atoms with Crippen molar-refractivity contribution in [3.63, 3.8) is 0 Å². The van der Waals surface area contributed by atoms with Crippen LogP contribution in [0, 0.1) is 0 Å². The smallest absolute Gasteiger partial charge is 0.344 e. The van der Waals surface area contributed by atoms with Gasteiger partial charge in [0, 0.05) is 6.54 Å². The molecule has 0 aromatic heterocycles. The standard InChI is InChI=1S/C19H26N2O5/c1-13(2)14-6-8-15(9-7-14)25-12-18(23)26-11-17(22)21-10-4-3-5-16(21)19(20)24/h6-9,13,16H,3-5,10-12H2,1-2H3,(H2,20,24)/t16-/m1/s1. The molecule has 0 unspecified atom stereocenters. The van der Waals surface area contributed by atoms with Crippen LogP contribution in [0.15, 0.2) is 24.3 Å². The second-order valence-electron chi connectivity index (χ2n) is 6.67. The van der Waals surface area contributed by atoms with Gasteiger partial charge in [0.15, 0.2) is 13.2 Å². The van der Waals surface area contributed by atoms with E-state index in [4.69, 9.17) is 15.2 Å². The molecule has 7 heteroatoms. The monoisotopic (exact) mass is 362 g/mol. The first-order chi connectivity index (χ1) is 12.4. The largest absolute Gasteiger partial charge is 0.482 e. The third-order valence-electron chi connectivity index (χ3n) is 4.41. The molecule has 1 aliphatic heterocycles. The number of primary amides is 1. The van der Waals surface area contributed by atoms with E-state index in [0.717, 1.165) is 12.8 Å². The Morgan fingerprint density at radius 2 is 1.85 bits per heavy atom. The molecule has 0 bridgehead atoms. The van der Waals surface area contributed by atoms with Crippen LogP contribution in [0.1, 0.15) is 44.6 Å². The number of hydrogen-bond donors (Lipinski definition) is 1. The first-order valence-electron chi connectivity index (χ1n) is 8.85. The fourth-order valence-corrected chi connectivity index (χ4v) is 2.88. The van der Waals surface area contributed by atoms with Crippen molar-refractivity contribution in [1.29, 1.82) is 0 Å². The summed E-state index contributed by atoms with van der Waals surface area (Å²) in [5.41, 5.74) is 6.51. The Morgan fingerprint density at radius 1 is 1.15 bits per heavy atom. The molecule has 1 fully saturated rings. The maximum atomic E-state index is 12.2. The predicted octanol–water partition coefficient (Wildman–Crippen LogP) is 1.60. The predicted molar refractivity (Wildman–Crippen MR) is 95.5 cm³/mol. The Labute approximate surface area is 153 Å². The lowest BCUT2D eigenvalue weighted by atomic mass is 10.0. The van der Waals surface area contributed by atoms with Crippen LogP contribution in [-0.2, 0) is 19.1 Å². The number of nitrogens with zero attached hydrogens (tertiary/aromatic N) is 1. The Kier molecular flexibility index (Phi) is 7.00. The molecule has 142 valence electrons. The number of hydrogen-bond acceptors (Lipinski definition) is 5. The number of nitrogens with two attached hydrogens (primary N) is 1. The molecular formula is C19H26N2O5. The first kappa shape index (κ1) is 19.8. The number of rotatable bonds is 7. The maximum absolute atomic E-state index is 12.2. The molecule has 7 nitrogen and oxygen atoms in total. The summed E-state index contributed by atoms with van der Waals surface area (Å²) in [6, 6.07) is 6.84. The van der Waals surface area contributed by atoms with Crippen molar-refractivity contribution in [1.82, 2.24) is 4.90 Å². The highest BCUT2D eigenvalue weighted by Gasteiger charge is 2.30. The minimum absolute atomic E-state index is 0.284. The van der Waals surface area contributed by atoms with Crippen LogP contribution in [0.4, 0.5) is 0 Å². The zero-order valence-corrected chi connectivity index (χ0v) is 15.3. The molecule has 0 aliphatic carbocycles. The van der Waals surface area contributed by atoms with Crippen LogP contribution in [0.25, 0.3) is 0 Å². The number of esters is 1. The number of amides is 2. The van der Waals surface area contributed by atoms with Gasteiger partial charge in [0.05, 0.1) is 0 Å². The molecule has 1 heterocycles. The van der Waals surface area contributed by atoms with Crippen molar-refractivity contribution in [2.75, 3.05) is 19.8 Å². The van der Waals surface area contributed by atoms with Crippen LogP contribution in [-0.4, -0.2) is 48.5 Å². The lowest BCUT2D eigenvalue weighted by Gasteiger charge is -2.33. The molecule has 1 saturated heterocycles. The van der Waals surface area contributed by atoms with Gasteiger partial charge in [0.2, 0.25) is 5.91 Å². The van der Waals surface area contributed by atoms with Gasteiger partial charge in [-0.25, -0.2) is 4.79 Å². The van der Waals surface area contributed by atoms with Crippen LogP contribution in [0.5, 0.6) is 5.75 Å². The molecule has 0 saturated carbocycles. The number of piperidine rings is 1. The number of likely N-dealkylation sites (tertiary alicyclic amines) is 1. The fourth-order valence-electron chi connectivity index (χ4n) is 2.88. The highest BCUT2D eigenvalue weighted by atomic mass is 16.6. The van der Waals surface area contributed by atoms with Gasteiger partial charge in [-0.1, -0.05) is 26.0 Å². The third kappa shape index (κ3) is 5.47. The summed E-state index contributed by atoms with van der Waals surface area (Å²) in [5, 5.41) is 0. The van der Waals surface area contributed by atoms with Gasteiger partial charge in [-0.05, 0) is 42.9 Å². The molecule has 2 amide bonds. The summed E-state index contributed by atoms with van der Waals surface area (Å²) in [6.07, 6.45) is 2.20. The number of benzene rings is 1. The van der Waals surface area contributed by atoms with Crippen molar-refractivity contribution < 1.29 is 23.9 Å². The first-order valence-corrected chi connectivity index (χ1v) is 8.85. The van der Waals surface area contributed by atoms with Gasteiger partial charge in [-0.2, -0.15) is 0 Å². The Bertz CT molecular complexity index is 642. The van der Waals surface area contributed by atoms with E-state index in [2.05, 4.69) is 13.8 Å². The van der Waals surface area contributed by atoms with E-state index in [1.165, 1.54) is 10.5 Å². The molecule has 2 N–H and O–H groups in total. The SMILES string of the molecule is CC(C)c1ccc(OCC(=O)OCC(=O)N2CCCC[C@@H]2C(N)=O)cc1. The minimum Gasteiger partial charge on any atom is -0.482 e. The quantitative estimate of drug-likeness (QED) is 0.743. The topological polar surface area (TPSA) is 98.9 Å². The van der Waals surface area contributed by atoms with E-state index in [-0.39, 0.29) is 6.61 Å². The van der Waals surface area contributed by atoms with Gasteiger partial charge >= 0.3 is 5.97 Å². The zero-order chi connectivity index (χ0) is 19.1. The molecule has 2 rings (SSSR count). The van der Waals surface area contributed by atoms with Gasteiger partial charge in [0.1, 0.15) is 11.8 Å². The van der Waals surface area contributed by atoms with E-state index in [1.54, 1.807) is 12.1 Å². The van der Waals surface area contributed by atoms with Crippen molar-refractivity contribution in [2.45, 2.75) is 45.1 Å². The average molecular weight is 362 g/mol. The maximum Gasteiger partial charge on any atom is 0.344 e. The van der Waals surface area contributed by atoms with Crippen molar-refractivity contribution >= 4 is 17.8 Å². The third-order valence-corrected chi connectivity index (χ3v) is 4.41. The van der Waals surface area contributed by atoms with E-state index in [1.807, 2.05) is 12.1 Å². The van der Waals surface area contributed by atoms with Gasteiger partial charge in [-0.15, -0.1) is 0 Å². The molecule has 1 aromatic carbocycles. The second kappa shape index (κ2) is 9.22. The molecule has 1 atom stereocenters. The number of carbonyl (C=O) groups excluding carboxylic acids is 3. The molecule has 0 radical (unpaired) electrons. The zero-order valence-electron chi connectivity index (χ0n) is 15.3. The highest BCUT2D eigenvalue weighted by Crippen LogP contribution is 2.19. The molecule has 1 aromatic rings. The van der Waals surface area contributed by atoms with E-state index in [9.17, 15) is 14.4 Å². The van der Waals surface area contributed by atoms with E-state index in [0.29, 0.717) is 24.6 Å². The average Bonchev–Trinajstić information content (AvgIpc) is 2.64. The summed E-state index contributed by atoms with van der Waals surface area (Å²) in [6.45, 7) is 3.93. The van der Waals surface area contributed by atoms with Gasteiger partial charge in [-0.3, -0.25) is 9.59 Å². The van der Waals surface area contributed by atoms with Gasteiger partial charge in [0.25, 0.3) is 5.91 Å². The minimum atomic E-state index is -0.640. The molecular weight excluding hydrogens is 336 g/mol. The Morgan fingerprint density at radius 3 is 2.46 bits per heavy atom. The highest BCUT2D eigenvalue weighted by molar-refractivity contribution is 5.88. The van der Waals surface area contributed by atoms with Crippen molar-refractivity contribution in [3.05, 3.63) is 29.8 Å². The fraction of sp³-hybridized carbons (Fsp3) is 0.526. The lowest BCUT2D eigenvalue weighted by Crippen LogP contribution is -2.51. The van der Waals surface area contributed by atoms with Crippen molar-refractivity contribution in [2.24, 2.45) is 5.73 Å². The number of ether oxygens (including phenoxy) is 2. The van der Waals surface area contributed by atoms with Crippen LogP contribution in [0.3, 0.4) is 0 Å².